The van der Waals surface area contributed by atoms with Crippen molar-refractivity contribution in [1.82, 2.24) is 25.0 Å². The number of rotatable bonds is 3. The first-order valence-electron chi connectivity index (χ1n) is 8.18. The topological polar surface area (TPSA) is 85.0 Å². The highest BCUT2D eigenvalue weighted by Gasteiger charge is 2.31. The van der Waals surface area contributed by atoms with E-state index in [1.807, 2.05) is 36.1 Å². The monoisotopic (exact) mass is 335 g/mol. The Morgan fingerprint density at radius 1 is 1.20 bits per heavy atom. The lowest BCUT2D eigenvalue weighted by molar-refractivity contribution is 0.0789. The lowest BCUT2D eigenvalue weighted by Gasteiger charge is -2.16. The van der Waals surface area contributed by atoms with Crippen LogP contribution in [0.3, 0.4) is 0 Å². The molecule has 0 spiro atoms. The molecule has 0 saturated carbocycles. The van der Waals surface area contributed by atoms with Crippen molar-refractivity contribution in [2.24, 2.45) is 0 Å². The van der Waals surface area contributed by atoms with Gasteiger partial charge in [0.05, 0.1) is 5.56 Å². The van der Waals surface area contributed by atoms with Crippen molar-refractivity contribution in [2.75, 3.05) is 13.1 Å². The van der Waals surface area contributed by atoms with Crippen LogP contribution in [-0.4, -0.2) is 44.0 Å². The highest BCUT2D eigenvalue weighted by atomic mass is 16.5. The standard InChI is InChI=1S/C18H17N5O2/c1-12-14(5-4-9-19-12)18(24)23-10-7-13(11-23)16-21-17(25-22-16)15-6-2-3-8-20-15/h2-6,8-9,13H,7,10-11H2,1H3. The maximum atomic E-state index is 12.7. The molecule has 4 rings (SSSR count). The van der Waals surface area contributed by atoms with Gasteiger partial charge in [-0.2, -0.15) is 4.98 Å². The van der Waals surface area contributed by atoms with Crippen molar-refractivity contribution in [3.63, 3.8) is 0 Å². The molecule has 4 heterocycles. The normalized spacial score (nSPS) is 17.0. The fraction of sp³-hybridized carbons (Fsp3) is 0.278. The highest BCUT2D eigenvalue weighted by molar-refractivity contribution is 5.95. The molecule has 3 aromatic heterocycles. The van der Waals surface area contributed by atoms with Crippen LogP contribution in [0.15, 0.2) is 47.2 Å². The van der Waals surface area contributed by atoms with Gasteiger partial charge in [-0.3, -0.25) is 14.8 Å². The van der Waals surface area contributed by atoms with Crippen molar-refractivity contribution in [2.45, 2.75) is 19.3 Å². The molecule has 1 aliphatic rings. The van der Waals surface area contributed by atoms with E-state index in [1.165, 1.54) is 0 Å². The van der Waals surface area contributed by atoms with Gasteiger partial charge in [0.2, 0.25) is 0 Å². The van der Waals surface area contributed by atoms with Crippen molar-refractivity contribution >= 4 is 5.91 Å². The zero-order valence-electron chi connectivity index (χ0n) is 13.8. The summed E-state index contributed by atoms with van der Waals surface area (Å²) in [6.45, 7) is 3.10. The predicted octanol–water partition coefficient (Wildman–Crippen LogP) is 2.46. The molecule has 1 amide bonds. The van der Waals surface area contributed by atoms with Gasteiger partial charge in [0.1, 0.15) is 5.69 Å². The van der Waals surface area contributed by atoms with E-state index in [2.05, 4.69) is 20.1 Å². The molecule has 1 unspecified atom stereocenters. The van der Waals surface area contributed by atoms with E-state index in [1.54, 1.807) is 18.5 Å². The molecule has 1 saturated heterocycles. The minimum absolute atomic E-state index is 0.00143. The molecule has 3 aromatic rings. The van der Waals surface area contributed by atoms with Gasteiger partial charge in [0.25, 0.3) is 11.8 Å². The second kappa shape index (κ2) is 6.43. The Morgan fingerprint density at radius 3 is 2.88 bits per heavy atom. The minimum Gasteiger partial charge on any atom is -0.338 e. The van der Waals surface area contributed by atoms with E-state index < -0.39 is 0 Å². The number of aromatic nitrogens is 4. The lowest BCUT2D eigenvalue weighted by atomic mass is 10.1. The van der Waals surface area contributed by atoms with Crippen molar-refractivity contribution in [1.29, 1.82) is 0 Å². The molecule has 0 aliphatic carbocycles. The van der Waals surface area contributed by atoms with Gasteiger partial charge < -0.3 is 9.42 Å². The summed E-state index contributed by atoms with van der Waals surface area (Å²) in [4.78, 5) is 27.4. The summed E-state index contributed by atoms with van der Waals surface area (Å²) in [5.41, 5.74) is 2.04. The van der Waals surface area contributed by atoms with Crippen LogP contribution in [0.4, 0.5) is 0 Å². The molecule has 1 fully saturated rings. The average molecular weight is 335 g/mol. The predicted molar refractivity (Wildman–Crippen MR) is 89.8 cm³/mol. The maximum Gasteiger partial charge on any atom is 0.276 e. The molecule has 7 heteroatoms. The molecular formula is C18H17N5O2. The van der Waals surface area contributed by atoms with Crippen LogP contribution in [-0.2, 0) is 0 Å². The van der Waals surface area contributed by atoms with Gasteiger partial charge in [-0.25, -0.2) is 0 Å². The highest BCUT2D eigenvalue weighted by Crippen LogP contribution is 2.28. The number of hydrogen-bond donors (Lipinski definition) is 0. The number of pyridine rings is 2. The van der Waals surface area contributed by atoms with Crippen molar-refractivity contribution in [3.8, 4) is 11.6 Å². The number of hydrogen-bond acceptors (Lipinski definition) is 6. The summed E-state index contributed by atoms with van der Waals surface area (Å²) in [5.74, 6) is 1.10. The maximum absolute atomic E-state index is 12.7. The Balaban J connectivity index is 1.49. The zero-order chi connectivity index (χ0) is 17.2. The van der Waals surface area contributed by atoms with Crippen molar-refractivity contribution < 1.29 is 9.32 Å². The Bertz CT molecular complexity index is 893. The summed E-state index contributed by atoms with van der Waals surface area (Å²) in [7, 11) is 0. The smallest absolute Gasteiger partial charge is 0.276 e. The van der Waals surface area contributed by atoms with Crippen LogP contribution in [0.2, 0.25) is 0 Å². The van der Waals surface area contributed by atoms with E-state index >= 15 is 0 Å². The molecule has 0 radical (unpaired) electrons. The number of aryl methyl sites for hydroxylation is 1. The second-order valence-electron chi connectivity index (χ2n) is 6.05. The number of carbonyl (C=O) groups excluding carboxylic acids is 1. The van der Waals surface area contributed by atoms with E-state index in [0.29, 0.717) is 36.1 Å². The van der Waals surface area contributed by atoms with Gasteiger partial charge in [-0.05, 0) is 37.6 Å². The lowest BCUT2D eigenvalue weighted by Crippen LogP contribution is -2.29. The molecule has 0 N–H and O–H groups in total. The molecule has 1 atom stereocenters. The third kappa shape index (κ3) is 3.00. The van der Waals surface area contributed by atoms with Gasteiger partial charge in [-0.15, -0.1) is 0 Å². The third-order valence-corrected chi connectivity index (χ3v) is 4.40. The Morgan fingerprint density at radius 2 is 2.08 bits per heavy atom. The quantitative estimate of drug-likeness (QED) is 0.731. The molecule has 7 nitrogen and oxygen atoms in total. The molecule has 0 bridgehead atoms. The van der Waals surface area contributed by atoms with E-state index in [4.69, 9.17) is 4.52 Å². The van der Waals surface area contributed by atoms with E-state index in [0.717, 1.165) is 12.1 Å². The summed E-state index contributed by atoms with van der Waals surface area (Å²) < 4.78 is 5.33. The molecule has 25 heavy (non-hydrogen) atoms. The molecular weight excluding hydrogens is 318 g/mol. The Hall–Kier alpha value is -3.09. The van der Waals surface area contributed by atoms with Crippen LogP contribution in [0.5, 0.6) is 0 Å². The summed E-state index contributed by atoms with van der Waals surface area (Å²) in [5, 5.41) is 4.08. The van der Waals surface area contributed by atoms with Crippen LogP contribution in [0.1, 0.15) is 34.2 Å². The van der Waals surface area contributed by atoms with E-state index in [-0.39, 0.29) is 11.8 Å². The largest absolute Gasteiger partial charge is 0.338 e. The number of nitrogens with zero attached hydrogens (tertiary/aromatic N) is 5. The first kappa shape index (κ1) is 15.4. The average Bonchev–Trinajstić information content (AvgIpc) is 3.32. The molecule has 0 aromatic carbocycles. The summed E-state index contributed by atoms with van der Waals surface area (Å²) in [6, 6.07) is 9.13. The number of amides is 1. The van der Waals surface area contributed by atoms with Gasteiger partial charge in [0.15, 0.2) is 5.82 Å². The SMILES string of the molecule is Cc1ncccc1C(=O)N1CCC(c2noc(-c3ccccn3)n2)C1. The van der Waals surface area contributed by atoms with Crippen LogP contribution in [0.25, 0.3) is 11.6 Å². The summed E-state index contributed by atoms with van der Waals surface area (Å²) in [6.07, 6.45) is 4.19. The van der Waals surface area contributed by atoms with Crippen LogP contribution in [0, 0.1) is 6.92 Å². The van der Waals surface area contributed by atoms with Gasteiger partial charge >= 0.3 is 0 Å². The Kier molecular flexibility index (Phi) is 3.97. The van der Waals surface area contributed by atoms with Crippen LogP contribution < -0.4 is 0 Å². The summed E-state index contributed by atoms with van der Waals surface area (Å²) >= 11 is 0. The fourth-order valence-corrected chi connectivity index (χ4v) is 3.03. The zero-order valence-corrected chi connectivity index (χ0v) is 13.8. The first-order chi connectivity index (χ1) is 12.2. The Labute approximate surface area is 144 Å². The third-order valence-electron chi connectivity index (χ3n) is 4.40. The van der Waals surface area contributed by atoms with Gasteiger partial charge in [0, 0.05) is 37.1 Å². The van der Waals surface area contributed by atoms with Crippen molar-refractivity contribution in [3.05, 3.63) is 59.8 Å². The van der Waals surface area contributed by atoms with Gasteiger partial charge in [-0.1, -0.05) is 11.2 Å². The number of carbonyl (C=O) groups is 1. The number of likely N-dealkylation sites (tertiary alicyclic amines) is 1. The minimum atomic E-state index is 0.00143. The fourth-order valence-electron chi connectivity index (χ4n) is 3.03. The second-order valence-corrected chi connectivity index (χ2v) is 6.05. The molecule has 126 valence electrons. The van der Waals surface area contributed by atoms with Crippen LogP contribution >= 0.6 is 0 Å². The van der Waals surface area contributed by atoms with E-state index in [9.17, 15) is 4.79 Å². The molecule has 1 aliphatic heterocycles. The first-order valence-corrected chi connectivity index (χ1v) is 8.18.